The molecule has 0 radical (unpaired) electrons. The maximum atomic E-state index is 12.7. The molecule has 1 atom stereocenters. The summed E-state index contributed by atoms with van der Waals surface area (Å²) in [6.45, 7) is 0.586. The molecule has 1 unspecified atom stereocenters. The number of anilines is 1. The minimum Gasteiger partial charge on any atom is -0.324 e. The van der Waals surface area contributed by atoms with Crippen molar-refractivity contribution in [2.24, 2.45) is 5.41 Å². The lowest BCUT2D eigenvalue weighted by atomic mass is 9.76. The molecule has 4 nitrogen and oxygen atoms in total. The Hall–Kier alpha value is -2.25. The first-order valence-corrected chi connectivity index (χ1v) is 10.0. The second kappa shape index (κ2) is 8.86. The zero-order valence-electron chi connectivity index (χ0n) is 15.8. The first kappa shape index (κ1) is 22.4. The van der Waals surface area contributed by atoms with Crippen LogP contribution in [0, 0.1) is 5.41 Å². The number of nitrogens with zero attached hydrogens (tertiary/aromatic N) is 1. The lowest BCUT2D eigenvalue weighted by Gasteiger charge is -2.39. The van der Waals surface area contributed by atoms with E-state index < -0.39 is 23.2 Å². The van der Waals surface area contributed by atoms with Gasteiger partial charge in [0.2, 0.25) is 0 Å². The summed E-state index contributed by atoms with van der Waals surface area (Å²) < 4.78 is 38.1. The van der Waals surface area contributed by atoms with Gasteiger partial charge in [0.25, 0.3) is 0 Å². The Morgan fingerprint density at radius 2 is 1.77 bits per heavy atom. The van der Waals surface area contributed by atoms with Crippen LogP contribution in [0.25, 0.3) is 0 Å². The third kappa shape index (κ3) is 5.08. The van der Waals surface area contributed by atoms with Gasteiger partial charge in [-0.3, -0.25) is 0 Å². The third-order valence-electron chi connectivity index (χ3n) is 5.20. The first-order valence-electron chi connectivity index (χ1n) is 9.26. The smallest absolute Gasteiger partial charge is 0.324 e. The molecule has 2 aromatic carbocycles. The second-order valence-corrected chi connectivity index (χ2v) is 8.20. The number of aldehydes is 1. The number of rotatable bonds is 4. The van der Waals surface area contributed by atoms with Gasteiger partial charge in [-0.25, -0.2) is 4.79 Å². The van der Waals surface area contributed by atoms with Crippen LogP contribution in [0.2, 0.25) is 10.0 Å². The SMILES string of the molecule is O=CC1(Cc2c(Cl)cccc2Cl)CCCN(C(=O)Nc2ccc(C(F)(F)F)cc2)C1. The average molecular weight is 459 g/mol. The number of hydrogen-bond donors (Lipinski definition) is 1. The number of halogens is 5. The Kier molecular flexibility index (Phi) is 6.62. The molecule has 9 heteroatoms. The van der Waals surface area contributed by atoms with Gasteiger partial charge in [0, 0.05) is 34.2 Å². The molecule has 160 valence electrons. The molecule has 2 amide bonds. The number of benzene rings is 2. The van der Waals surface area contributed by atoms with Gasteiger partial charge in [-0.05, 0) is 61.2 Å². The van der Waals surface area contributed by atoms with Crippen molar-refractivity contribution in [3.63, 3.8) is 0 Å². The fraction of sp³-hybridized carbons (Fsp3) is 0.333. The van der Waals surface area contributed by atoms with Crippen LogP contribution in [0.4, 0.5) is 23.7 Å². The summed E-state index contributed by atoms with van der Waals surface area (Å²) in [5.74, 6) is 0. The highest BCUT2D eigenvalue weighted by molar-refractivity contribution is 6.36. The summed E-state index contributed by atoms with van der Waals surface area (Å²) in [6, 6.07) is 8.82. The number of nitrogens with one attached hydrogen (secondary N) is 1. The molecular formula is C21H19Cl2F3N2O2. The quantitative estimate of drug-likeness (QED) is 0.565. The van der Waals surface area contributed by atoms with Gasteiger partial charge in [0.05, 0.1) is 5.56 Å². The van der Waals surface area contributed by atoms with Gasteiger partial charge < -0.3 is 15.0 Å². The second-order valence-electron chi connectivity index (χ2n) is 7.39. The number of alkyl halides is 3. The Labute approximate surface area is 182 Å². The fourth-order valence-corrected chi connectivity index (χ4v) is 4.15. The predicted molar refractivity (Wildman–Crippen MR) is 110 cm³/mol. The number of carbonyl (C=O) groups excluding carboxylic acids is 2. The van der Waals surface area contributed by atoms with Gasteiger partial charge in [-0.2, -0.15) is 13.2 Å². The van der Waals surface area contributed by atoms with Gasteiger partial charge >= 0.3 is 12.2 Å². The summed E-state index contributed by atoms with van der Waals surface area (Å²) in [5, 5.41) is 3.50. The average Bonchev–Trinajstić information content (AvgIpc) is 2.71. The number of hydrogen-bond acceptors (Lipinski definition) is 2. The first-order chi connectivity index (χ1) is 14.1. The van der Waals surface area contributed by atoms with E-state index in [1.54, 1.807) is 18.2 Å². The highest BCUT2D eigenvalue weighted by Crippen LogP contribution is 2.37. The molecule has 0 bridgehead atoms. The molecular weight excluding hydrogens is 440 g/mol. The monoisotopic (exact) mass is 458 g/mol. The van der Waals surface area contributed by atoms with E-state index in [1.807, 2.05) is 0 Å². The Morgan fingerprint density at radius 1 is 1.13 bits per heavy atom. The van der Waals surface area contributed by atoms with Crippen LogP contribution in [-0.4, -0.2) is 30.3 Å². The van der Waals surface area contributed by atoms with Gasteiger partial charge in [-0.1, -0.05) is 29.3 Å². The van der Waals surface area contributed by atoms with Crippen molar-refractivity contribution in [3.05, 3.63) is 63.6 Å². The normalized spacial score (nSPS) is 19.4. The Balaban J connectivity index is 1.72. The lowest BCUT2D eigenvalue weighted by Crippen LogP contribution is -2.49. The van der Waals surface area contributed by atoms with Gasteiger partial charge in [-0.15, -0.1) is 0 Å². The highest BCUT2D eigenvalue weighted by atomic mass is 35.5. The van der Waals surface area contributed by atoms with Crippen molar-refractivity contribution < 1.29 is 22.8 Å². The Bertz CT molecular complexity index is 915. The molecule has 0 saturated carbocycles. The van der Waals surface area contributed by atoms with Crippen molar-refractivity contribution in [1.82, 2.24) is 4.90 Å². The number of likely N-dealkylation sites (tertiary alicyclic amines) is 1. The summed E-state index contributed by atoms with van der Waals surface area (Å²) >= 11 is 12.5. The maximum Gasteiger partial charge on any atom is 0.416 e. The number of urea groups is 1. The summed E-state index contributed by atoms with van der Waals surface area (Å²) in [7, 11) is 0. The summed E-state index contributed by atoms with van der Waals surface area (Å²) in [5.41, 5.74) is -0.748. The van der Waals surface area contributed by atoms with E-state index in [1.165, 1.54) is 17.0 Å². The molecule has 1 aliphatic heterocycles. The highest BCUT2D eigenvalue weighted by Gasteiger charge is 2.38. The minimum atomic E-state index is -4.45. The molecule has 2 aromatic rings. The molecule has 1 heterocycles. The van der Waals surface area contributed by atoms with Crippen LogP contribution in [0.1, 0.15) is 24.0 Å². The van der Waals surface area contributed by atoms with Crippen molar-refractivity contribution in [3.8, 4) is 0 Å². The van der Waals surface area contributed by atoms with E-state index in [0.717, 1.165) is 18.4 Å². The van der Waals surface area contributed by atoms with E-state index >= 15 is 0 Å². The van der Waals surface area contributed by atoms with E-state index in [9.17, 15) is 22.8 Å². The van der Waals surface area contributed by atoms with Crippen LogP contribution in [0.15, 0.2) is 42.5 Å². The Morgan fingerprint density at radius 3 is 2.33 bits per heavy atom. The molecule has 1 aliphatic rings. The van der Waals surface area contributed by atoms with Crippen molar-refractivity contribution in [1.29, 1.82) is 0 Å². The maximum absolute atomic E-state index is 12.7. The van der Waals surface area contributed by atoms with Crippen LogP contribution < -0.4 is 5.32 Å². The van der Waals surface area contributed by atoms with E-state index in [2.05, 4.69) is 5.32 Å². The van der Waals surface area contributed by atoms with E-state index in [-0.39, 0.29) is 12.2 Å². The largest absolute Gasteiger partial charge is 0.416 e. The van der Waals surface area contributed by atoms with Crippen LogP contribution in [0.5, 0.6) is 0 Å². The van der Waals surface area contributed by atoms with E-state index in [4.69, 9.17) is 23.2 Å². The number of carbonyl (C=O) groups is 2. The number of amides is 2. The lowest BCUT2D eigenvalue weighted by molar-refractivity contribution is -0.137. The molecule has 1 N–H and O–H groups in total. The molecule has 0 aliphatic carbocycles. The summed E-state index contributed by atoms with van der Waals surface area (Å²) in [6.07, 6.45) is -2.15. The molecule has 0 aromatic heterocycles. The van der Waals surface area contributed by atoms with Crippen LogP contribution in [0.3, 0.4) is 0 Å². The topological polar surface area (TPSA) is 49.4 Å². The van der Waals surface area contributed by atoms with Crippen LogP contribution >= 0.6 is 23.2 Å². The molecule has 1 saturated heterocycles. The predicted octanol–water partition coefficient (Wildman–Crippen LogP) is 6.07. The van der Waals surface area contributed by atoms with Crippen LogP contribution in [-0.2, 0) is 17.4 Å². The zero-order chi connectivity index (χ0) is 21.9. The van der Waals surface area contributed by atoms with Crippen molar-refractivity contribution in [2.45, 2.75) is 25.4 Å². The van der Waals surface area contributed by atoms with Gasteiger partial charge in [0.1, 0.15) is 6.29 Å². The fourth-order valence-electron chi connectivity index (χ4n) is 3.61. The van der Waals surface area contributed by atoms with Gasteiger partial charge in [0.15, 0.2) is 0 Å². The van der Waals surface area contributed by atoms with Crippen molar-refractivity contribution in [2.75, 3.05) is 18.4 Å². The molecule has 0 spiro atoms. The standard InChI is InChI=1S/C21H19Cl2F3N2O2/c22-17-3-1-4-18(23)16(17)11-20(13-29)9-2-10-28(12-20)19(30)27-15-7-5-14(6-8-15)21(24,25)26/h1,3-8,13H,2,9-12H2,(H,27,30). The van der Waals surface area contributed by atoms with E-state index in [0.29, 0.717) is 41.4 Å². The zero-order valence-corrected chi connectivity index (χ0v) is 17.3. The minimum absolute atomic E-state index is 0.157. The molecule has 1 fully saturated rings. The molecule has 30 heavy (non-hydrogen) atoms. The third-order valence-corrected chi connectivity index (χ3v) is 5.91. The van der Waals surface area contributed by atoms with Crippen molar-refractivity contribution >= 4 is 41.2 Å². The number of piperidine rings is 1. The molecule has 3 rings (SSSR count). The summed E-state index contributed by atoms with van der Waals surface area (Å²) in [4.78, 5) is 26.2.